The number of hydrogen-bond donors (Lipinski definition) is 1. The second-order valence-electron chi connectivity index (χ2n) is 3.14. The number of hydrogen-bond acceptors (Lipinski definition) is 4. The molecule has 0 unspecified atom stereocenters. The maximum Gasteiger partial charge on any atom is 0.231 e. The molecule has 0 bridgehead atoms. The lowest BCUT2D eigenvalue weighted by atomic mass is 10.5. The molecule has 0 radical (unpaired) electrons. The van der Waals surface area contributed by atoms with Crippen LogP contribution in [0.3, 0.4) is 0 Å². The maximum absolute atomic E-state index is 5.50. The average Bonchev–Trinajstić information content (AvgIpc) is 2.90. The Morgan fingerprint density at radius 2 is 2.38 bits per heavy atom. The predicted octanol–water partition coefficient (Wildman–Crippen LogP) is 1.45. The largest absolute Gasteiger partial charge is 0.476 e. The van der Waals surface area contributed by atoms with Crippen LogP contribution in [-0.4, -0.2) is 16.6 Å². The molecule has 5 heteroatoms. The van der Waals surface area contributed by atoms with Crippen LogP contribution in [0.25, 0.3) is 0 Å². The Bertz CT molecular complexity index is 314. The van der Waals surface area contributed by atoms with Crippen molar-refractivity contribution >= 4 is 28.5 Å². The van der Waals surface area contributed by atoms with Gasteiger partial charge < -0.3 is 10.5 Å². The van der Waals surface area contributed by atoms with Gasteiger partial charge in [-0.25, -0.2) is 4.98 Å². The smallest absolute Gasteiger partial charge is 0.231 e. The number of ether oxygens (including phenoxy) is 1. The zero-order valence-corrected chi connectivity index (χ0v) is 9.19. The highest BCUT2D eigenvalue weighted by atomic mass is 127. The summed E-state index contributed by atoms with van der Waals surface area (Å²) in [6.45, 7) is 0.756. The van der Waals surface area contributed by atoms with E-state index >= 15 is 0 Å². The summed E-state index contributed by atoms with van der Waals surface area (Å²) in [7, 11) is 0. The Kier molecular flexibility index (Phi) is 2.52. The molecule has 1 aliphatic carbocycles. The molecular formula is C8H10IN3O. The second-order valence-corrected chi connectivity index (χ2v) is 4.30. The fourth-order valence-electron chi connectivity index (χ4n) is 0.947. The van der Waals surface area contributed by atoms with Gasteiger partial charge in [0, 0.05) is 6.20 Å². The minimum absolute atomic E-state index is 0.270. The van der Waals surface area contributed by atoms with E-state index in [1.54, 1.807) is 6.20 Å². The van der Waals surface area contributed by atoms with Crippen LogP contribution >= 0.6 is 22.6 Å². The van der Waals surface area contributed by atoms with Gasteiger partial charge in [-0.2, -0.15) is 4.98 Å². The molecule has 1 aliphatic rings. The lowest BCUT2D eigenvalue weighted by Crippen LogP contribution is -2.05. The SMILES string of the molecule is Nc1ncc(I)c(OCC2CC2)n1. The van der Waals surface area contributed by atoms with Crippen LogP contribution in [0.15, 0.2) is 6.20 Å². The fraction of sp³-hybridized carbons (Fsp3) is 0.500. The van der Waals surface area contributed by atoms with E-state index in [4.69, 9.17) is 10.5 Å². The first kappa shape index (κ1) is 8.98. The Balaban J connectivity index is 2.03. The number of aromatic nitrogens is 2. The van der Waals surface area contributed by atoms with Gasteiger partial charge >= 0.3 is 0 Å². The number of nitrogens with zero attached hydrogens (tertiary/aromatic N) is 2. The first-order chi connectivity index (χ1) is 6.25. The van der Waals surface area contributed by atoms with Crippen LogP contribution in [0.4, 0.5) is 5.95 Å². The van der Waals surface area contributed by atoms with Crippen LogP contribution in [0.1, 0.15) is 12.8 Å². The van der Waals surface area contributed by atoms with Crippen LogP contribution in [0.5, 0.6) is 5.88 Å². The number of halogens is 1. The van der Waals surface area contributed by atoms with E-state index < -0.39 is 0 Å². The van der Waals surface area contributed by atoms with Crippen LogP contribution in [0.2, 0.25) is 0 Å². The third kappa shape index (κ3) is 2.43. The lowest BCUT2D eigenvalue weighted by molar-refractivity contribution is 0.286. The van der Waals surface area contributed by atoms with Crippen LogP contribution in [0, 0.1) is 9.49 Å². The minimum Gasteiger partial charge on any atom is -0.476 e. The monoisotopic (exact) mass is 291 g/mol. The molecule has 4 nitrogen and oxygen atoms in total. The Hall–Kier alpha value is -0.590. The third-order valence-electron chi connectivity index (χ3n) is 1.88. The van der Waals surface area contributed by atoms with Gasteiger partial charge in [-0.1, -0.05) is 0 Å². The zero-order chi connectivity index (χ0) is 9.26. The summed E-state index contributed by atoms with van der Waals surface area (Å²) in [6, 6.07) is 0. The summed E-state index contributed by atoms with van der Waals surface area (Å²) in [5.41, 5.74) is 5.44. The summed E-state index contributed by atoms with van der Waals surface area (Å²) >= 11 is 2.14. The van der Waals surface area contributed by atoms with Crippen molar-refractivity contribution in [2.45, 2.75) is 12.8 Å². The van der Waals surface area contributed by atoms with Gasteiger partial charge in [-0.15, -0.1) is 0 Å². The maximum atomic E-state index is 5.50. The van der Waals surface area contributed by atoms with Crippen LogP contribution in [-0.2, 0) is 0 Å². The predicted molar refractivity (Wildman–Crippen MR) is 57.4 cm³/mol. The van der Waals surface area contributed by atoms with E-state index in [-0.39, 0.29) is 5.95 Å². The molecular weight excluding hydrogens is 281 g/mol. The Morgan fingerprint density at radius 1 is 1.62 bits per heavy atom. The molecule has 0 saturated heterocycles. The molecule has 13 heavy (non-hydrogen) atoms. The first-order valence-corrected chi connectivity index (χ1v) is 5.24. The van der Waals surface area contributed by atoms with E-state index in [0.717, 1.165) is 16.1 Å². The van der Waals surface area contributed by atoms with E-state index in [0.29, 0.717) is 5.88 Å². The third-order valence-corrected chi connectivity index (χ3v) is 2.62. The summed E-state index contributed by atoms with van der Waals surface area (Å²) in [5, 5.41) is 0. The van der Waals surface area contributed by atoms with Gasteiger partial charge in [-0.3, -0.25) is 0 Å². The first-order valence-electron chi connectivity index (χ1n) is 4.16. The van der Waals surface area contributed by atoms with Crippen molar-refractivity contribution in [3.8, 4) is 5.88 Å². The normalized spacial score (nSPS) is 15.8. The fourth-order valence-corrected chi connectivity index (χ4v) is 1.36. The number of nitrogens with two attached hydrogens (primary N) is 1. The topological polar surface area (TPSA) is 61.0 Å². The van der Waals surface area contributed by atoms with Gasteiger partial charge in [-0.05, 0) is 41.4 Å². The van der Waals surface area contributed by atoms with Crippen molar-refractivity contribution in [2.75, 3.05) is 12.3 Å². The van der Waals surface area contributed by atoms with Crippen molar-refractivity contribution in [1.82, 2.24) is 9.97 Å². The number of nitrogen functional groups attached to an aromatic ring is 1. The zero-order valence-electron chi connectivity index (χ0n) is 7.03. The molecule has 0 aromatic carbocycles. The molecule has 1 saturated carbocycles. The van der Waals surface area contributed by atoms with Crippen molar-refractivity contribution in [3.05, 3.63) is 9.77 Å². The molecule has 2 rings (SSSR count). The molecule has 0 atom stereocenters. The van der Waals surface area contributed by atoms with E-state index in [2.05, 4.69) is 32.6 Å². The summed E-state index contributed by atoms with van der Waals surface area (Å²) in [5.74, 6) is 1.61. The molecule has 0 spiro atoms. The molecule has 2 N–H and O–H groups in total. The molecule has 0 amide bonds. The Labute approximate surface area is 90.0 Å². The number of rotatable bonds is 3. The van der Waals surface area contributed by atoms with Gasteiger partial charge in [0.1, 0.15) is 0 Å². The van der Waals surface area contributed by atoms with E-state index in [1.807, 2.05) is 0 Å². The second kappa shape index (κ2) is 3.65. The van der Waals surface area contributed by atoms with E-state index in [9.17, 15) is 0 Å². The van der Waals surface area contributed by atoms with Crippen LogP contribution < -0.4 is 10.5 Å². The van der Waals surface area contributed by atoms with Crippen molar-refractivity contribution in [1.29, 1.82) is 0 Å². The van der Waals surface area contributed by atoms with Gasteiger partial charge in [0.15, 0.2) is 0 Å². The van der Waals surface area contributed by atoms with Gasteiger partial charge in [0.05, 0.1) is 10.2 Å². The molecule has 1 fully saturated rings. The van der Waals surface area contributed by atoms with Gasteiger partial charge in [0.2, 0.25) is 11.8 Å². The molecule has 1 heterocycles. The lowest BCUT2D eigenvalue weighted by Gasteiger charge is -2.05. The van der Waals surface area contributed by atoms with Gasteiger partial charge in [0.25, 0.3) is 0 Å². The summed E-state index contributed by atoms with van der Waals surface area (Å²) in [4.78, 5) is 7.87. The highest BCUT2D eigenvalue weighted by Gasteiger charge is 2.22. The minimum atomic E-state index is 0.270. The number of anilines is 1. The molecule has 0 aliphatic heterocycles. The molecule has 1 aromatic heterocycles. The van der Waals surface area contributed by atoms with Crippen molar-refractivity contribution in [3.63, 3.8) is 0 Å². The quantitative estimate of drug-likeness (QED) is 0.856. The highest BCUT2D eigenvalue weighted by molar-refractivity contribution is 14.1. The molecule has 70 valence electrons. The van der Waals surface area contributed by atoms with E-state index in [1.165, 1.54) is 12.8 Å². The standard InChI is InChI=1S/C8H10IN3O/c9-6-3-11-8(10)12-7(6)13-4-5-1-2-5/h3,5H,1-2,4H2,(H2,10,11,12). The van der Waals surface area contributed by atoms with Crippen molar-refractivity contribution in [2.24, 2.45) is 5.92 Å². The highest BCUT2D eigenvalue weighted by Crippen LogP contribution is 2.30. The Morgan fingerprint density at radius 3 is 3.08 bits per heavy atom. The summed E-state index contributed by atoms with van der Waals surface area (Å²) in [6.07, 6.45) is 4.22. The summed E-state index contributed by atoms with van der Waals surface area (Å²) < 4.78 is 6.41. The van der Waals surface area contributed by atoms with Crippen molar-refractivity contribution < 1.29 is 4.74 Å². The molecule has 1 aromatic rings. The average molecular weight is 291 g/mol.